The fraction of sp³-hybridized carbons (Fsp3) is 0.750. The molecular weight excluding hydrogens is 200 g/mol. The fourth-order valence-electron chi connectivity index (χ4n) is 0.944. The highest BCUT2D eigenvalue weighted by molar-refractivity contribution is 6.51. The lowest BCUT2D eigenvalue weighted by atomic mass is 10.7. The largest absolute Gasteiger partial charge is 0.406 e. The van der Waals surface area contributed by atoms with Crippen molar-refractivity contribution in [3.05, 3.63) is 0 Å². The number of rotatable bonds is 4. The Balaban J connectivity index is 4.57. The van der Waals surface area contributed by atoms with Crippen LogP contribution in [0, 0.1) is 0 Å². The van der Waals surface area contributed by atoms with E-state index in [1.807, 2.05) is 6.92 Å². The van der Waals surface area contributed by atoms with Crippen molar-refractivity contribution < 1.29 is 14.0 Å². The van der Waals surface area contributed by atoms with Crippen molar-refractivity contribution in [2.24, 2.45) is 0 Å². The van der Waals surface area contributed by atoms with Gasteiger partial charge in [0, 0.05) is 34.5 Å². The summed E-state index contributed by atoms with van der Waals surface area (Å²) in [5, 5.41) is 0. The van der Waals surface area contributed by atoms with E-state index in [1.54, 1.807) is 14.1 Å². The lowest BCUT2D eigenvalue weighted by Gasteiger charge is -2.31. The predicted octanol–water partition coefficient (Wildman–Crippen LogP) is -0.303. The molecule has 0 radical (unpaired) electrons. The Labute approximate surface area is 86.5 Å². The summed E-state index contributed by atoms with van der Waals surface area (Å²) in [4.78, 5) is 22.3. The van der Waals surface area contributed by atoms with E-state index in [2.05, 4.69) is 0 Å². The van der Waals surface area contributed by atoms with Crippen molar-refractivity contribution in [1.82, 2.24) is 9.13 Å². The molecule has 5 nitrogen and oxygen atoms in total. The molecule has 0 aliphatic heterocycles. The van der Waals surface area contributed by atoms with Crippen molar-refractivity contribution in [2.45, 2.75) is 20.8 Å². The number of hydrogen-bond acceptors (Lipinski definition) is 3. The highest BCUT2D eigenvalue weighted by Gasteiger charge is 2.27. The zero-order valence-corrected chi connectivity index (χ0v) is 10.6. The van der Waals surface area contributed by atoms with Gasteiger partial charge in [-0.3, -0.25) is 9.59 Å². The van der Waals surface area contributed by atoms with E-state index in [4.69, 9.17) is 4.43 Å². The molecule has 82 valence electrons. The number of amides is 2. The van der Waals surface area contributed by atoms with E-state index >= 15 is 0 Å². The molecule has 0 aromatic carbocycles. The minimum Gasteiger partial charge on any atom is -0.386 e. The quantitative estimate of drug-likeness (QED) is 0.609. The molecule has 0 fully saturated rings. The third-order valence-corrected chi connectivity index (χ3v) is 4.66. The highest BCUT2D eigenvalue weighted by atomic mass is 28.3. The number of carbonyl (C=O) groups excluding carboxylic acids is 2. The van der Waals surface area contributed by atoms with Gasteiger partial charge in [0.15, 0.2) is 0 Å². The lowest BCUT2D eigenvalue weighted by molar-refractivity contribution is -0.126. The normalized spacial score (nSPS) is 10.1. The van der Waals surface area contributed by atoms with Crippen LogP contribution in [0.1, 0.15) is 20.8 Å². The van der Waals surface area contributed by atoms with Crippen LogP contribution in [-0.4, -0.2) is 51.0 Å². The Hall–Kier alpha value is -0.883. The topological polar surface area (TPSA) is 49.9 Å². The average Bonchev–Trinajstić information content (AvgIpc) is 2.11. The molecule has 0 saturated heterocycles. The van der Waals surface area contributed by atoms with Crippen molar-refractivity contribution in [3.8, 4) is 0 Å². The maximum atomic E-state index is 11.1. The second-order valence-electron chi connectivity index (χ2n) is 3.04. The molecule has 0 rings (SSSR count). The van der Waals surface area contributed by atoms with E-state index in [0.717, 1.165) is 0 Å². The molecule has 0 bridgehead atoms. The SMILES string of the molecule is CCO[SiH](N(C)C(C)=O)N(C)C(C)=O. The summed E-state index contributed by atoms with van der Waals surface area (Å²) in [5.74, 6) is -0.161. The van der Waals surface area contributed by atoms with Crippen LogP contribution in [0.15, 0.2) is 0 Å². The van der Waals surface area contributed by atoms with Gasteiger partial charge in [0.25, 0.3) is 0 Å². The number of nitrogens with zero attached hydrogens (tertiary/aromatic N) is 2. The summed E-state index contributed by atoms with van der Waals surface area (Å²) in [6, 6.07) is 0. The third kappa shape index (κ3) is 3.47. The molecule has 2 amide bonds. The van der Waals surface area contributed by atoms with Crippen LogP contribution in [0.5, 0.6) is 0 Å². The third-order valence-electron chi connectivity index (χ3n) is 1.97. The van der Waals surface area contributed by atoms with E-state index in [-0.39, 0.29) is 11.8 Å². The summed E-state index contributed by atoms with van der Waals surface area (Å²) in [5.41, 5.74) is 0. The van der Waals surface area contributed by atoms with Crippen LogP contribution >= 0.6 is 0 Å². The van der Waals surface area contributed by atoms with Gasteiger partial charge in [0.1, 0.15) is 0 Å². The molecule has 0 saturated carbocycles. The summed E-state index contributed by atoms with van der Waals surface area (Å²) in [6.07, 6.45) is 0. The second-order valence-corrected chi connectivity index (χ2v) is 5.58. The maximum absolute atomic E-state index is 11.1. The molecule has 0 aliphatic carbocycles. The minimum absolute atomic E-state index is 0.0804. The average molecular weight is 218 g/mol. The Morgan fingerprint density at radius 3 is 1.71 bits per heavy atom. The molecule has 14 heavy (non-hydrogen) atoms. The van der Waals surface area contributed by atoms with Crippen molar-refractivity contribution in [3.63, 3.8) is 0 Å². The highest BCUT2D eigenvalue weighted by Crippen LogP contribution is 2.00. The number of hydrogen-bond donors (Lipinski definition) is 0. The molecule has 0 spiro atoms. The molecule has 6 heteroatoms. The maximum Gasteiger partial charge on any atom is 0.406 e. The fourth-order valence-corrected chi connectivity index (χ4v) is 2.83. The van der Waals surface area contributed by atoms with E-state index < -0.39 is 9.36 Å². The van der Waals surface area contributed by atoms with Gasteiger partial charge in [-0.15, -0.1) is 0 Å². The summed E-state index contributed by atoms with van der Waals surface area (Å²) >= 11 is 0. The lowest BCUT2D eigenvalue weighted by Crippen LogP contribution is -2.54. The molecule has 0 heterocycles. The van der Waals surface area contributed by atoms with Crippen molar-refractivity contribution >= 4 is 21.2 Å². The van der Waals surface area contributed by atoms with Gasteiger partial charge in [-0.1, -0.05) is 0 Å². The van der Waals surface area contributed by atoms with Crippen LogP contribution < -0.4 is 0 Å². The summed E-state index contributed by atoms with van der Waals surface area (Å²) < 4.78 is 8.47. The molecule has 0 unspecified atom stereocenters. The van der Waals surface area contributed by atoms with Gasteiger partial charge in [0.05, 0.1) is 0 Å². The summed E-state index contributed by atoms with van der Waals surface area (Å²) in [6.45, 7) is 5.29. The van der Waals surface area contributed by atoms with Gasteiger partial charge in [-0.05, 0) is 6.92 Å². The van der Waals surface area contributed by atoms with Gasteiger partial charge >= 0.3 is 9.36 Å². The predicted molar refractivity (Wildman–Crippen MR) is 55.7 cm³/mol. The zero-order chi connectivity index (χ0) is 11.3. The zero-order valence-electron chi connectivity index (χ0n) is 9.40. The minimum atomic E-state index is -2.07. The Morgan fingerprint density at radius 1 is 1.14 bits per heavy atom. The first-order valence-electron chi connectivity index (χ1n) is 4.50. The number of carbonyl (C=O) groups is 2. The standard InChI is InChI=1S/C8H18N2O3Si/c1-6-13-14(9(4)7(2)11)10(5)8(3)12/h14H,6H2,1-5H3. The van der Waals surface area contributed by atoms with Crippen LogP contribution in [0.4, 0.5) is 0 Å². The monoisotopic (exact) mass is 218 g/mol. The first kappa shape index (κ1) is 13.1. The van der Waals surface area contributed by atoms with E-state index in [0.29, 0.717) is 6.61 Å². The van der Waals surface area contributed by atoms with Gasteiger partial charge in [0.2, 0.25) is 11.8 Å². The van der Waals surface area contributed by atoms with Crippen molar-refractivity contribution in [1.29, 1.82) is 0 Å². The smallest absolute Gasteiger partial charge is 0.386 e. The molecule has 0 atom stereocenters. The molecule has 0 N–H and O–H groups in total. The van der Waals surface area contributed by atoms with Gasteiger partial charge < -0.3 is 13.6 Å². The van der Waals surface area contributed by atoms with Crippen LogP contribution in [0.25, 0.3) is 0 Å². The Bertz CT molecular complexity index is 203. The second kappa shape index (κ2) is 5.76. The van der Waals surface area contributed by atoms with Crippen LogP contribution in [0.2, 0.25) is 0 Å². The van der Waals surface area contributed by atoms with Gasteiger partial charge in [-0.2, -0.15) is 0 Å². The molecule has 0 aliphatic rings. The molecule has 0 aromatic rings. The Kier molecular flexibility index (Phi) is 5.40. The van der Waals surface area contributed by atoms with Crippen molar-refractivity contribution in [2.75, 3.05) is 20.7 Å². The first-order chi connectivity index (χ1) is 6.41. The van der Waals surface area contributed by atoms with E-state index in [9.17, 15) is 9.59 Å². The van der Waals surface area contributed by atoms with Crippen LogP contribution in [0.3, 0.4) is 0 Å². The van der Waals surface area contributed by atoms with E-state index in [1.165, 1.54) is 23.0 Å². The molecule has 0 aromatic heterocycles. The molecular formula is C8H18N2O3Si. The van der Waals surface area contributed by atoms with Crippen LogP contribution in [-0.2, 0) is 14.0 Å². The Morgan fingerprint density at radius 2 is 1.50 bits per heavy atom. The first-order valence-corrected chi connectivity index (χ1v) is 6.00. The van der Waals surface area contributed by atoms with Gasteiger partial charge in [-0.25, -0.2) is 0 Å². The summed E-state index contributed by atoms with van der Waals surface area (Å²) in [7, 11) is 1.25.